The molecule has 0 aliphatic carbocycles. The van der Waals surface area contributed by atoms with Gasteiger partial charge >= 0.3 is 0 Å². The molecule has 106 valence electrons. The molecule has 0 spiro atoms. The number of hydrogen-bond donors (Lipinski definition) is 0. The number of aromatic nitrogens is 2. The summed E-state index contributed by atoms with van der Waals surface area (Å²) < 4.78 is 15.0. The van der Waals surface area contributed by atoms with Crippen molar-refractivity contribution in [3.63, 3.8) is 0 Å². The molecule has 0 amide bonds. The Kier molecular flexibility index (Phi) is 4.32. The Balaban J connectivity index is 2.28. The summed E-state index contributed by atoms with van der Waals surface area (Å²) in [5.41, 5.74) is 3.18. The lowest BCUT2D eigenvalue weighted by Gasteiger charge is -2.06. The molecule has 0 bridgehead atoms. The van der Waals surface area contributed by atoms with Gasteiger partial charge in [-0.2, -0.15) is 5.10 Å². The van der Waals surface area contributed by atoms with Crippen LogP contribution in [0.25, 0.3) is 0 Å². The van der Waals surface area contributed by atoms with Crippen LogP contribution in [0.15, 0.2) is 24.3 Å². The van der Waals surface area contributed by atoms with Crippen LogP contribution in [-0.4, -0.2) is 15.6 Å². The molecule has 1 aromatic carbocycles. The third-order valence-corrected chi connectivity index (χ3v) is 3.44. The third kappa shape index (κ3) is 2.95. The van der Waals surface area contributed by atoms with Gasteiger partial charge in [0.15, 0.2) is 5.78 Å². The van der Waals surface area contributed by atoms with Crippen molar-refractivity contribution in [1.82, 2.24) is 9.78 Å². The quantitative estimate of drug-likeness (QED) is 0.784. The van der Waals surface area contributed by atoms with Gasteiger partial charge in [-0.1, -0.05) is 13.0 Å². The lowest BCUT2D eigenvalue weighted by atomic mass is 10.0. The number of carbonyl (C=O) groups is 1. The zero-order valence-corrected chi connectivity index (χ0v) is 12.1. The first-order valence-electron chi connectivity index (χ1n) is 6.90. The molecule has 0 aliphatic heterocycles. The lowest BCUT2D eigenvalue weighted by Crippen LogP contribution is -2.12. The molecule has 4 heteroatoms. The van der Waals surface area contributed by atoms with Crippen molar-refractivity contribution in [1.29, 1.82) is 0 Å². The highest BCUT2D eigenvalue weighted by Gasteiger charge is 2.15. The number of Topliss-reactive ketones (excluding diaryl/α,β-unsaturated/α-hetero) is 1. The van der Waals surface area contributed by atoms with E-state index in [2.05, 4.69) is 5.10 Å². The topological polar surface area (TPSA) is 34.9 Å². The van der Waals surface area contributed by atoms with E-state index in [9.17, 15) is 9.18 Å². The number of carbonyl (C=O) groups excluding carboxylic acids is 1. The monoisotopic (exact) mass is 274 g/mol. The van der Waals surface area contributed by atoms with E-state index in [1.54, 1.807) is 10.7 Å². The standard InChI is InChI=1S/C16H19FN2O/c1-4-14-10-15(19(5-2)18-14)16(20)9-12-8-13(17)7-6-11(12)3/h6-8,10H,4-5,9H2,1-3H3. The summed E-state index contributed by atoms with van der Waals surface area (Å²) in [6.07, 6.45) is 1.00. The third-order valence-electron chi connectivity index (χ3n) is 3.44. The largest absolute Gasteiger partial charge is 0.292 e. The van der Waals surface area contributed by atoms with Gasteiger partial charge < -0.3 is 0 Å². The van der Waals surface area contributed by atoms with Crippen LogP contribution in [-0.2, 0) is 19.4 Å². The number of halogens is 1. The zero-order valence-electron chi connectivity index (χ0n) is 12.1. The van der Waals surface area contributed by atoms with Crippen molar-refractivity contribution in [3.8, 4) is 0 Å². The molecule has 0 aliphatic rings. The normalized spacial score (nSPS) is 10.8. The summed E-state index contributed by atoms with van der Waals surface area (Å²) in [7, 11) is 0. The summed E-state index contributed by atoms with van der Waals surface area (Å²) in [6.45, 7) is 6.50. The number of aryl methyl sites for hydroxylation is 3. The Labute approximate surface area is 118 Å². The minimum absolute atomic E-state index is 0.0206. The van der Waals surface area contributed by atoms with Crippen LogP contribution in [0.5, 0.6) is 0 Å². The molecule has 0 atom stereocenters. The first-order chi connectivity index (χ1) is 9.55. The summed E-state index contributed by atoms with van der Waals surface area (Å²) in [6, 6.07) is 6.38. The Morgan fingerprint density at radius 1 is 1.30 bits per heavy atom. The van der Waals surface area contributed by atoms with E-state index < -0.39 is 0 Å². The molecule has 2 rings (SSSR count). The van der Waals surface area contributed by atoms with Crippen molar-refractivity contribution in [2.45, 2.75) is 40.2 Å². The maximum Gasteiger partial charge on any atom is 0.185 e. The highest BCUT2D eigenvalue weighted by Crippen LogP contribution is 2.15. The second kappa shape index (κ2) is 5.99. The van der Waals surface area contributed by atoms with Crippen molar-refractivity contribution in [2.75, 3.05) is 0 Å². The smallest absolute Gasteiger partial charge is 0.185 e. The van der Waals surface area contributed by atoms with Gasteiger partial charge in [0.2, 0.25) is 0 Å². The van der Waals surface area contributed by atoms with Crippen LogP contribution in [0, 0.1) is 12.7 Å². The minimum Gasteiger partial charge on any atom is -0.292 e. The minimum atomic E-state index is -0.309. The van der Waals surface area contributed by atoms with E-state index in [0.29, 0.717) is 12.2 Å². The van der Waals surface area contributed by atoms with E-state index in [1.165, 1.54) is 12.1 Å². The molecule has 0 N–H and O–H groups in total. The average Bonchev–Trinajstić information content (AvgIpc) is 2.86. The summed E-state index contributed by atoms with van der Waals surface area (Å²) in [5.74, 6) is -0.329. The maximum absolute atomic E-state index is 13.3. The molecule has 20 heavy (non-hydrogen) atoms. The molecule has 0 saturated heterocycles. The average molecular weight is 274 g/mol. The molecule has 2 aromatic rings. The van der Waals surface area contributed by atoms with Crippen molar-refractivity contribution < 1.29 is 9.18 Å². The van der Waals surface area contributed by atoms with Crippen LogP contribution >= 0.6 is 0 Å². The molecule has 1 aromatic heterocycles. The lowest BCUT2D eigenvalue weighted by molar-refractivity contribution is 0.0982. The van der Waals surface area contributed by atoms with E-state index in [4.69, 9.17) is 0 Å². The zero-order chi connectivity index (χ0) is 14.7. The first-order valence-corrected chi connectivity index (χ1v) is 6.90. The summed E-state index contributed by atoms with van der Waals surface area (Å²) in [4.78, 5) is 12.4. The number of nitrogens with zero attached hydrogens (tertiary/aromatic N) is 2. The predicted molar refractivity (Wildman–Crippen MR) is 76.5 cm³/mol. The van der Waals surface area contributed by atoms with Gasteiger partial charge in [-0.05, 0) is 49.6 Å². The van der Waals surface area contributed by atoms with E-state index in [1.807, 2.05) is 26.8 Å². The molecule has 0 unspecified atom stereocenters. The molecule has 3 nitrogen and oxygen atoms in total. The number of rotatable bonds is 5. The molecule has 0 saturated carbocycles. The van der Waals surface area contributed by atoms with Gasteiger partial charge in [-0.3, -0.25) is 9.48 Å². The fourth-order valence-electron chi connectivity index (χ4n) is 2.20. The van der Waals surface area contributed by atoms with E-state index >= 15 is 0 Å². The van der Waals surface area contributed by atoms with Crippen LogP contribution in [0.3, 0.4) is 0 Å². The second-order valence-corrected chi connectivity index (χ2v) is 4.86. The Bertz CT molecular complexity index is 631. The highest BCUT2D eigenvalue weighted by molar-refractivity contribution is 5.96. The highest BCUT2D eigenvalue weighted by atomic mass is 19.1. The van der Waals surface area contributed by atoms with Gasteiger partial charge in [-0.25, -0.2) is 4.39 Å². The summed E-state index contributed by atoms with van der Waals surface area (Å²) >= 11 is 0. The molecular weight excluding hydrogens is 255 g/mol. The SMILES string of the molecule is CCc1cc(C(=O)Cc2cc(F)ccc2C)n(CC)n1. The molecule has 0 radical (unpaired) electrons. The first kappa shape index (κ1) is 14.4. The summed E-state index contributed by atoms with van der Waals surface area (Å²) in [5, 5.41) is 4.37. The maximum atomic E-state index is 13.3. The van der Waals surface area contributed by atoms with Gasteiger partial charge in [-0.15, -0.1) is 0 Å². The number of ketones is 1. The van der Waals surface area contributed by atoms with Crippen LogP contribution in [0.1, 0.15) is 41.2 Å². The van der Waals surface area contributed by atoms with Gasteiger partial charge in [0.25, 0.3) is 0 Å². The Morgan fingerprint density at radius 2 is 2.05 bits per heavy atom. The fraction of sp³-hybridized carbons (Fsp3) is 0.375. The van der Waals surface area contributed by atoms with Crippen LogP contribution < -0.4 is 0 Å². The van der Waals surface area contributed by atoms with Crippen LogP contribution in [0.2, 0.25) is 0 Å². The van der Waals surface area contributed by atoms with Crippen LogP contribution in [0.4, 0.5) is 4.39 Å². The van der Waals surface area contributed by atoms with Gasteiger partial charge in [0.1, 0.15) is 11.5 Å². The van der Waals surface area contributed by atoms with Crippen molar-refractivity contribution in [2.24, 2.45) is 0 Å². The fourth-order valence-corrected chi connectivity index (χ4v) is 2.20. The molecule has 0 fully saturated rings. The van der Waals surface area contributed by atoms with E-state index in [-0.39, 0.29) is 18.0 Å². The molecule has 1 heterocycles. The van der Waals surface area contributed by atoms with Crippen molar-refractivity contribution >= 4 is 5.78 Å². The Hall–Kier alpha value is -1.97. The van der Waals surface area contributed by atoms with Gasteiger partial charge in [0, 0.05) is 13.0 Å². The van der Waals surface area contributed by atoms with Gasteiger partial charge in [0.05, 0.1) is 5.69 Å². The predicted octanol–water partition coefficient (Wildman–Crippen LogP) is 3.34. The Morgan fingerprint density at radius 3 is 2.70 bits per heavy atom. The number of benzene rings is 1. The second-order valence-electron chi connectivity index (χ2n) is 4.86. The van der Waals surface area contributed by atoms with E-state index in [0.717, 1.165) is 23.2 Å². The van der Waals surface area contributed by atoms with Crippen molar-refractivity contribution in [3.05, 3.63) is 52.6 Å². The molecular formula is C16H19FN2O. The number of hydrogen-bond acceptors (Lipinski definition) is 2.